The third kappa shape index (κ3) is 14.9. The third-order valence-electron chi connectivity index (χ3n) is 11.2. The van der Waals surface area contributed by atoms with E-state index in [2.05, 4.69) is 35.1 Å². The van der Waals surface area contributed by atoms with Crippen LogP contribution in [0.25, 0.3) is 22.3 Å². The van der Waals surface area contributed by atoms with Gasteiger partial charge in [0.1, 0.15) is 33.0 Å². The van der Waals surface area contributed by atoms with Crippen molar-refractivity contribution in [3.8, 4) is 22.3 Å². The van der Waals surface area contributed by atoms with Crippen molar-refractivity contribution in [2.24, 2.45) is 0 Å². The van der Waals surface area contributed by atoms with E-state index in [1.807, 2.05) is 97.1 Å². The van der Waals surface area contributed by atoms with E-state index in [9.17, 15) is 38.7 Å². The second kappa shape index (κ2) is 26.7. The number of amides is 4. The van der Waals surface area contributed by atoms with Crippen molar-refractivity contribution in [3.05, 3.63) is 157 Å². The van der Waals surface area contributed by atoms with Gasteiger partial charge in [-0.3, -0.25) is 0 Å². The highest BCUT2D eigenvalue weighted by molar-refractivity contribution is 6.61. The fourth-order valence-electron chi connectivity index (χ4n) is 7.94. The Morgan fingerprint density at radius 3 is 1.19 bits per heavy atom. The van der Waals surface area contributed by atoms with Crippen molar-refractivity contribution >= 4 is 53.3 Å². The quantitative estimate of drug-likeness (QED) is 0.0366. The number of nitrogens with zero attached hydrogens (tertiary/aromatic N) is 2. The summed E-state index contributed by atoms with van der Waals surface area (Å²) in [6.07, 6.45) is 1.20. The molecule has 3 N–H and O–H groups in total. The summed E-state index contributed by atoms with van der Waals surface area (Å²) in [6, 6.07) is 31.8. The number of hydrogen-bond donors (Lipinski definition) is 3. The van der Waals surface area contributed by atoms with Crippen molar-refractivity contribution in [1.82, 2.24) is 20.4 Å². The number of alkyl carbamates (subject to hydrolysis) is 2. The Bertz CT molecular complexity index is 2530. The average Bonchev–Trinajstić information content (AvgIpc) is 3.87. The average molecular weight is 1010 g/mol. The molecule has 0 radical (unpaired) electrons. The molecule has 2 atom stereocenters. The molecule has 72 heavy (non-hydrogen) atoms. The molecular weight excluding hydrogens is 952 g/mol. The Hall–Kier alpha value is -8.12. The van der Waals surface area contributed by atoms with Crippen LogP contribution in [0.1, 0.15) is 47.9 Å². The van der Waals surface area contributed by atoms with Gasteiger partial charge in [0.25, 0.3) is 0 Å². The summed E-state index contributed by atoms with van der Waals surface area (Å²) in [5, 5.41) is 14.6. The molecule has 4 amide bonds. The summed E-state index contributed by atoms with van der Waals surface area (Å²) in [4.78, 5) is 85.5. The molecule has 0 heterocycles. The van der Waals surface area contributed by atoms with Crippen LogP contribution < -0.4 is 10.6 Å². The molecule has 0 aromatic heterocycles. The monoisotopic (exact) mass is 1010 g/mol. The summed E-state index contributed by atoms with van der Waals surface area (Å²) in [6.45, 7) is 12.8. The van der Waals surface area contributed by atoms with E-state index >= 15 is 0 Å². The maximum Gasteiger partial charge on any atom is 0.409 e. The predicted molar refractivity (Wildman–Crippen MR) is 269 cm³/mol. The molecule has 0 saturated carbocycles. The smallest absolute Gasteiger partial charge is 0.409 e. The molecule has 382 valence electrons. The molecule has 18 nitrogen and oxygen atoms in total. The molecule has 6 rings (SSSR count). The maximum atomic E-state index is 12.7. The van der Waals surface area contributed by atoms with Crippen LogP contribution in [0.5, 0.6) is 0 Å². The first kappa shape index (κ1) is 56.5. The van der Waals surface area contributed by atoms with Crippen molar-refractivity contribution in [2.75, 3.05) is 67.3 Å². The standard InChI is InChI=1S/C25H28N2O6.C24H26N2O6.C4H5ClO2/c1-5-14-32-24(30)27(3)16-25(2,22(28)31-4)26-23(29)33-15-21-19-12-8-6-10-17(19)18-11-7-9-13-20(18)21;1-4-13-31-23(30)26(3)15-24(2,21(27)28)25-22(29)32-14-20-18-11-7-5-9-16(18)17-10-6-8-12-19(17)20;1-2-3-7-4(5)6/h5-13,21H,1,14-16H2,2-4H3,(H,26,29);4-12,20H,1,13-15H2,2-3H3,(H,25,29)(H,27,28);2H,1,3H2/t25-;24-;/m00./s1. The molecule has 0 bridgehead atoms. The number of ether oxygens (including phenoxy) is 6. The van der Waals surface area contributed by atoms with Gasteiger partial charge in [-0.05, 0) is 58.4 Å². The van der Waals surface area contributed by atoms with E-state index in [0.717, 1.165) is 49.4 Å². The topological polar surface area (TPSA) is 226 Å². The number of carboxylic acids is 1. The maximum absolute atomic E-state index is 12.7. The van der Waals surface area contributed by atoms with Crippen molar-refractivity contribution in [1.29, 1.82) is 0 Å². The summed E-state index contributed by atoms with van der Waals surface area (Å²) in [7, 11) is 4.04. The fourth-order valence-corrected chi connectivity index (χ4v) is 8.01. The fraction of sp³-hybridized carbons (Fsp3) is 0.302. The highest BCUT2D eigenvalue weighted by Crippen LogP contribution is 2.45. The van der Waals surface area contributed by atoms with Gasteiger partial charge >= 0.3 is 41.7 Å². The van der Waals surface area contributed by atoms with Crippen molar-refractivity contribution in [2.45, 2.75) is 36.8 Å². The Labute approximate surface area is 423 Å². The number of carbonyl (C=O) groups is 7. The Morgan fingerprint density at radius 1 is 0.569 bits per heavy atom. The minimum Gasteiger partial charge on any atom is -0.479 e. The zero-order chi connectivity index (χ0) is 53.0. The van der Waals surface area contributed by atoms with Gasteiger partial charge in [0, 0.05) is 37.5 Å². The number of benzene rings is 4. The van der Waals surface area contributed by atoms with Gasteiger partial charge in [0.2, 0.25) is 0 Å². The zero-order valence-electron chi connectivity index (χ0n) is 40.7. The van der Waals surface area contributed by atoms with E-state index in [-0.39, 0.29) is 58.0 Å². The number of esters is 1. The van der Waals surface area contributed by atoms with E-state index in [0.29, 0.717) is 0 Å². The van der Waals surface area contributed by atoms with Crippen molar-refractivity contribution in [3.63, 3.8) is 0 Å². The predicted octanol–water partition coefficient (Wildman–Crippen LogP) is 8.88. The van der Waals surface area contributed by atoms with Gasteiger partial charge < -0.3 is 54.0 Å². The minimum absolute atomic E-state index is 0.00718. The first-order valence-corrected chi connectivity index (χ1v) is 22.7. The summed E-state index contributed by atoms with van der Waals surface area (Å²) in [5.41, 5.74) is 4.55. The van der Waals surface area contributed by atoms with Gasteiger partial charge in [-0.15, -0.1) is 0 Å². The molecule has 19 heteroatoms. The molecule has 0 saturated heterocycles. The molecule has 4 aromatic rings. The number of likely N-dealkylation sites (N-methyl/N-ethyl adjacent to an activating group) is 2. The highest BCUT2D eigenvalue weighted by Gasteiger charge is 2.41. The van der Waals surface area contributed by atoms with Crippen LogP contribution in [0.3, 0.4) is 0 Å². The molecule has 0 unspecified atom stereocenters. The van der Waals surface area contributed by atoms with Gasteiger partial charge in [-0.2, -0.15) is 0 Å². The van der Waals surface area contributed by atoms with Gasteiger partial charge in [0.15, 0.2) is 11.1 Å². The van der Waals surface area contributed by atoms with Crippen LogP contribution in [-0.4, -0.2) is 135 Å². The summed E-state index contributed by atoms with van der Waals surface area (Å²) in [5.74, 6) is -2.31. The number of aliphatic carboxylic acids is 1. The third-order valence-corrected chi connectivity index (χ3v) is 11.4. The second-order valence-corrected chi connectivity index (χ2v) is 17.0. The number of methoxy groups -OCH3 is 1. The summed E-state index contributed by atoms with van der Waals surface area (Å²) >= 11 is 4.75. The number of hydrogen-bond acceptors (Lipinski definition) is 13. The zero-order valence-corrected chi connectivity index (χ0v) is 41.5. The molecular formula is C53H59ClN4O14. The lowest BCUT2D eigenvalue weighted by molar-refractivity contribution is -0.148. The number of carboxylic acid groups (broad SMARTS) is 1. The van der Waals surface area contributed by atoms with Gasteiger partial charge in [0.05, 0.1) is 20.2 Å². The van der Waals surface area contributed by atoms with E-state index < -0.39 is 52.8 Å². The van der Waals surface area contributed by atoms with Crippen LogP contribution >= 0.6 is 11.6 Å². The number of rotatable bonds is 18. The SMILES string of the molecule is C=CCOC(=O)Cl.C=CCOC(=O)N(C)C[C@](C)(NC(=O)OCC1c2ccccc2-c2ccccc21)C(=O)O.C=CCOC(=O)N(C)C[C@](C)(NC(=O)OCC1c2ccccc2-c2ccccc21)C(=O)OC. The number of halogens is 1. The molecule has 2 aliphatic carbocycles. The number of nitrogens with one attached hydrogen (secondary N) is 2. The lowest BCUT2D eigenvalue weighted by atomic mass is 9.98. The molecule has 0 spiro atoms. The lowest BCUT2D eigenvalue weighted by Crippen LogP contribution is -2.59. The Balaban J connectivity index is 0.000000276. The van der Waals surface area contributed by atoms with Crippen LogP contribution in [-0.2, 0) is 38.0 Å². The number of carbonyl (C=O) groups excluding carboxylic acids is 6. The van der Waals surface area contributed by atoms with E-state index in [1.54, 1.807) is 0 Å². The van der Waals surface area contributed by atoms with E-state index in [4.69, 9.17) is 35.3 Å². The van der Waals surface area contributed by atoms with Crippen LogP contribution in [0, 0.1) is 0 Å². The molecule has 0 aliphatic heterocycles. The van der Waals surface area contributed by atoms with Gasteiger partial charge in [-0.1, -0.05) is 135 Å². The molecule has 0 fully saturated rings. The van der Waals surface area contributed by atoms with E-state index in [1.165, 1.54) is 58.2 Å². The second-order valence-electron chi connectivity index (χ2n) is 16.6. The summed E-state index contributed by atoms with van der Waals surface area (Å²) < 4.78 is 29.9. The highest BCUT2D eigenvalue weighted by atomic mass is 35.5. The normalized spacial score (nSPS) is 13.1. The number of fused-ring (bicyclic) bond motifs is 6. The van der Waals surface area contributed by atoms with Crippen LogP contribution in [0.2, 0.25) is 0 Å². The Morgan fingerprint density at radius 2 is 0.889 bits per heavy atom. The van der Waals surface area contributed by atoms with Gasteiger partial charge in [-0.25, -0.2) is 33.6 Å². The van der Waals surface area contributed by atoms with Crippen molar-refractivity contribution < 1.29 is 67.1 Å². The Kier molecular flexibility index (Phi) is 21.0. The first-order valence-electron chi connectivity index (χ1n) is 22.3. The molecule has 2 aliphatic rings. The van der Waals surface area contributed by atoms with Crippen LogP contribution in [0.4, 0.5) is 24.0 Å². The largest absolute Gasteiger partial charge is 0.479 e. The first-order chi connectivity index (χ1) is 34.3. The molecule has 4 aromatic carbocycles. The minimum atomic E-state index is -1.77. The lowest BCUT2D eigenvalue weighted by Gasteiger charge is -2.31. The van der Waals surface area contributed by atoms with Crippen LogP contribution in [0.15, 0.2) is 135 Å².